The van der Waals surface area contributed by atoms with Crippen molar-refractivity contribution in [3.8, 4) is 0 Å². The van der Waals surface area contributed by atoms with E-state index < -0.39 is 12.2 Å². The number of benzene rings is 1. The van der Waals surface area contributed by atoms with Gasteiger partial charge in [0.05, 0.1) is 26.6 Å². The molecular formula is C12H14N4O4. The van der Waals surface area contributed by atoms with Crippen molar-refractivity contribution in [2.45, 2.75) is 0 Å². The van der Waals surface area contributed by atoms with Crippen molar-refractivity contribution in [3.63, 3.8) is 0 Å². The molecule has 0 spiro atoms. The van der Waals surface area contributed by atoms with Crippen molar-refractivity contribution >= 4 is 24.6 Å². The number of hydrogen-bond acceptors (Lipinski definition) is 6. The number of nitrogens with one attached hydrogen (secondary N) is 2. The Morgan fingerprint density at radius 2 is 1.45 bits per heavy atom. The molecule has 0 aliphatic carbocycles. The van der Waals surface area contributed by atoms with Gasteiger partial charge in [0.15, 0.2) is 0 Å². The molecule has 0 saturated heterocycles. The lowest BCUT2D eigenvalue weighted by molar-refractivity contribution is 0.170. The lowest BCUT2D eigenvalue weighted by Crippen LogP contribution is -2.17. The summed E-state index contributed by atoms with van der Waals surface area (Å²) in [6.07, 6.45) is 1.59. The molecule has 0 radical (unpaired) electrons. The van der Waals surface area contributed by atoms with Crippen molar-refractivity contribution < 1.29 is 19.1 Å². The molecule has 0 aliphatic rings. The minimum Gasteiger partial charge on any atom is -0.452 e. The van der Waals surface area contributed by atoms with Crippen LogP contribution in [0, 0.1) is 0 Å². The fraction of sp³-hybridized carbons (Fsp3) is 0.167. The van der Waals surface area contributed by atoms with Gasteiger partial charge in [-0.05, 0) is 17.2 Å². The summed E-state index contributed by atoms with van der Waals surface area (Å²) < 4.78 is 8.72. The van der Waals surface area contributed by atoms with Gasteiger partial charge in [-0.1, -0.05) is 18.2 Å². The number of nitrogens with zero attached hydrogens (tertiary/aromatic N) is 2. The van der Waals surface area contributed by atoms with Gasteiger partial charge in [0.1, 0.15) is 0 Å². The Labute approximate surface area is 115 Å². The zero-order valence-corrected chi connectivity index (χ0v) is 11.0. The van der Waals surface area contributed by atoms with E-state index in [-0.39, 0.29) is 0 Å². The van der Waals surface area contributed by atoms with Crippen LogP contribution in [0.1, 0.15) is 11.1 Å². The maximum absolute atomic E-state index is 10.8. The SMILES string of the molecule is COC(=O)N/N=C/c1cccc(/C=N/NC(=O)OC)c1. The first-order chi connectivity index (χ1) is 9.65. The number of carbonyl (C=O) groups excluding carboxylic acids is 2. The van der Waals surface area contributed by atoms with Crippen LogP contribution in [0.4, 0.5) is 9.59 Å². The molecule has 106 valence electrons. The average Bonchev–Trinajstić information content (AvgIpc) is 2.47. The van der Waals surface area contributed by atoms with Gasteiger partial charge in [0, 0.05) is 0 Å². The lowest BCUT2D eigenvalue weighted by Gasteiger charge is -1.98. The predicted molar refractivity (Wildman–Crippen MR) is 72.7 cm³/mol. The molecule has 20 heavy (non-hydrogen) atoms. The van der Waals surface area contributed by atoms with E-state index in [2.05, 4.69) is 30.5 Å². The minimum atomic E-state index is -0.652. The molecule has 0 bridgehead atoms. The van der Waals surface area contributed by atoms with Gasteiger partial charge in [-0.25, -0.2) is 20.4 Å². The van der Waals surface area contributed by atoms with E-state index in [1.807, 2.05) is 0 Å². The highest BCUT2D eigenvalue weighted by molar-refractivity contribution is 5.86. The summed E-state index contributed by atoms with van der Waals surface area (Å²) >= 11 is 0. The van der Waals surface area contributed by atoms with Gasteiger partial charge < -0.3 is 9.47 Å². The summed E-state index contributed by atoms with van der Waals surface area (Å²) in [6.45, 7) is 0. The second-order valence-corrected chi connectivity index (χ2v) is 3.39. The van der Waals surface area contributed by atoms with Crippen molar-refractivity contribution in [2.75, 3.05) is 14.2 Å². The molecule has 8 nitrogen and oxygen atoms in total. The molecule has 1 aromatic rings. The molecular weight excluding hydrogens is 264 g/mol. The summed E-state index contributed by atoms with van der Waals surface area (Å²) in [6, 6.07) is 7.10. The summed E-state index contributed by atoms with van der Waals surface area (Å²) in [7, 11) is 2.49. The van der Waals surface area contributed by atoms with Crippen molar-refractivity contribution in [1.29, 1.82) is 0 Å². The number of carbonyl (C=O) groups is 2. The quantitative estimate of drug-likeness (QED) is 0.635. The number of ether oxygens (including phenoxy) is 2. The summed E-state index contributed by atoms with van der Waals surface area (Å²) in [4.78, 5) is 21.6. The highest BCUT2D eigenvalue weighted by atomic mass is 16.5. The number of methoxy groups -OCH3 is 2. The Hall–Kier alpha value is -2.90. The molecule has 0 atom stereocenters. The second kappa shape index (κ2) is 8.25. The predicted octanol–water partition coefficient (Wildman–Crippen LogP) is 1.07. The van der Waals surface area contributed by atoms with Crippen LogP contribution >= 0.6 is 0 Å². The fourth-order valence-corrected chi connectivity index (χ4v) is 1.13. The molecule has 0 unspecified atom stereocenters. The Bertz CT molecular complexity index is 485. The third-order valence-corrected chi connectivity index (χ3v) is 2.02. The number of hydrogen-bond donors (Lipinski definition) is 2. The Morgan fingerprint density at radius 3 is 1.85 bits per heavy atom. The van der Waals surface area contributed by atoms with Crippen molar-refractivity contribution in [3.05, 3.63) is 35.4 Å². The molecule has 0 aliphatic heterocycles. The molecule has 1 aromatic carbocycles. The normalized spacial score (nSPS) is 10.5. The summed E-state index contributed by atoms with van der Waals surface area (Å²) in [5.74, 6) is 0. The molecule has 0 saturated carbocycles. The van der Waals surface area contributed by atoms with Crippen LogP contribution in [-0.2, 0) is 9.47 Å². The van der Waals surface area contributed by atoms with Gasteiger partial charge in [-0.15, -0.1) is 0 Å². The maximum Gasteiger partial charge on any atom is 0.427 e. The van der Waals surface area contributed by atoms with E-state index in [1.54, 1.807) is 24.3 Å². The molecule has 2 amide bonds. The van der Waals surface area contributed by atoms with Gasteiger partial charge in [0.25, 0.3) is 0 Å². The smallest absolute Gasteiger partial charge is 0.427 e. The van der Waals surface area contributed by atoms with E-state index in [1.165, 1.54) is 26.6 Å². The summed E-state index contributed by atoms with van der Waals surface area (Å²) in [5.41, 5.74) is 5.81. The Kier molecular flexibility index (Phi) is 6.25. The van der Waals surface area contributed by atoms with Crippen LogP contribution in [-0.4, -0.2) is 38.8 Å². The van der Waals surface area contributed by atoms with E-state index >= 15 is 0 Å². The van der Waals surface area contributed by atoms with E-state index in [4.69, 9.17) is 0 Å². The molecule has 0 aromatic heterocycles. The first-order valence-electron chi connectivity index (χ1n) is 5.50. The van der Waals surface area contributed by atoms with Crippen LogP contribution in [0.5, 0.6) is 0 Å². The van der Waals surface area contributed by atoms with E-state index in [9.17, 15) is 9.59 Å². The minimum absolute atomic E-state index is 0.652. The molecule has 8 heteroatoms. The van der Waals surface area contributed by atoms with E-state index in [0.29, 0.717) is 0 Å². The standard InChI is InChI=1S/C12H14N4O4/c1-19-11(17)15-13-7-9-4-3-5-10(6-9)8-14-16-12(18)20-2/h3-8H,1-2H3,(H,15,17)(H,16,18)/b13-7+,14-8+. The Morgan fingerprint density at radius 1 is 1.00 bits per heavy atom. The molecule has 1 rings (SSSR count). The topological polar surface area (TPSA) is 101 Å². The lowest BCUT2D eigenvalue weighted by atomic mass is 10.1. The summed E-state index contributed by atoms with van der Waals surface area (Å²) in [5, 5.41) is 7.38. The number of hydrazone groups is 2. The number of amides is 2. The highest BCUT2D eigenvalue weighted by Gasteiger charge is 1.95. The van der Waals surface area contributed by atoms with Crippen LogP contribution in [0.2, 0.25) is 0 Å². The van der Waals surface area contributed by atoms with Crippen molar-refractivity contribution in [2.24, 2.45) is 10.2 Å². The third kappa shape index (κ3) is 5.63. The van der Waals surface area contributed by atoms with Gasteiger partial charge >= 0.3 is 12.2 Å². The monoisotopic (exact) mass is 278 g/mol. The second-order valence-electron chi connectivity index (χ2n) is 3.39. The van der Waals surface area contributed by atoms with Crippen LogP contribution in [0.3, 0.4) is 0 Å². The van der Waals surface area contributed by atoms with Crippen LogP contribution in [0.15, 0.2) is 34.5 Å². The zero-order chi connectivity index (χ0) is 14.8. The maximum atomic E-state index is 10.8. The van der Waals surface area contributed by atoms with E-state index in [0.717, 1.165) is 11.1 Å². The zero-order valence-electron chi connectivity index (χ0n) is 11.0. The first kappa shape index (κ1) is 15.2. The van der Waals surface area contributed by atoms with Crippen molar-refractivity contribution in [1.82, 2.24) is 10.9 Å². The van der Waals surface area contributed by atoms with Gasteiger partial charge in [-0.2, -0.15) is 10.2 Å². The fourth-order valence-electron chi connectivity index (χ4n) is 1.13. The van der Waals surface area contributed by atoms with Crippen LogP contribution < -0.4 is 10.9 Å². The van der Waals surface area contributed by atoms with Gasteiger partial charge in [0.2, 0.25) is 0 Å². The largest absolute Gasteiger partial charge is 0.452 e. The average molecular weight is 278 g/mol. The molecule has 0 fully saturated rings. The number of rotatable bonds is 4. The van der Waals surface area contributed by atoms with Gasteiger partial charge in [-0.3, -0.25) is 0 Å². The first-order valence-corrected chi connectivity index (χ1v) is 5.50. The molecule has 2 N–H and O–H groups in total. The Balaban J connectivity index is 2.61. The van der Waals surface area contributed by atoms with Crippen LogP contribution in [0.25, 0.3) is 0 Å². The highest BCUT2D eigenvalue weighted by Crippen LogP contribution is 2.00. The molecule has 0 heterocycles. The third-order valence-electron chi connectivity index (χ3n) is 2.02.